The average Bonchev–Trinajstić information content (AvgIpc) is 2.63. The monoisotopic (exact) mass is 221 g/mol. The standard InChI is InChI=1S/C13H19NO2/c1-4-15-12-7-5-6-10-11(14-9(2)3)8-16-13(10)12/h5-7,9,11,14H,4,8H2,1-3H3. The molecule has 0 fully saturated rings. The molecule has 3 heteroatoms. The van der Waals surface area contributed by atoms with Crippen molar-refractivity contribution < 1.29 is 9.47 Å². The number of nitrogens with one attached hydrogen (secondary N) is 1. The Balaban J connectivity index is 2.23. The number of hydrogen-bond acceptors (Lipinski definition) is 3. The van der Waals surface area contributed by atoms with Gasteiger partial charge in [-0.05, 0) is 13.0 Å². The maximum absolute atomic E-state index is 5.71. The smallest absolute Gasteiger partial charge is 0.166 e. The number of para-hydroxylation sites is 1. The summed E-state index contributed by atoms with van der Waals surface area (Å²) in [6.07, 6.45) is 0. The average molecular weight is 221 g/mol. The first-order chi connectivity index (χ1) is 7.72. The van der Waals surface area contributed by atoms with Crippen LogP contribution in [0.2, 0.25) is 0 Å². The highest BCUT2D eigenvalue weighted by Gasteiger charge is 2.27. The van der Waals surface area contributed by atoms with E-state index in [2.05, 4.69) is 25.2 Å². The Bertz CT molecular complexity index is 363. The van der Waals surface area contributed by atoms with Crippen molar-refractivity contribution >= 4 is 0 Å². The van der Waals surface area contributed by atoms with E-state index in [4.69, 9.17) is 9.47 Å². The Hall–Kier alpha value is -1.22. The predicted molar refractivity (Wildman–Crippen MR) is 64.1 cm³/mol. The van der Waals surface area contributed by atoms with Crippen molar-refractivity contribution in [2.24, 2.45) is 0 Å². The summed E-state index contributed by atoms with van der Waals surface area (Å²) >= 11 is 0. The molecule has 0 radical (unpaired) electrons. The lowest BCUT2D eigenvalue weighted by Gasteiger charge is -2.14. The highest BCUT2D eigenvalue weighted by atomic mass is 16.5. The van der Waals surface area contributed by atoms with Crippen molar-refractivity contribution in [1.29, 1.82) is 0 Å². The van der Waals surface area contributed by atoms with Crippen LogP contribution >= 0.6 is 0 Å². The summed E-state index contributed by atoms with van der Waals surface area (Å²) in [7, 11) is 0. The molecule has 2 rings (SSSR count). The van der Waals surface area contributed by atoms with Gasteiger partial charge in [0, 0.05) is 11.6 Å². The molecule has 0 spiro atoms. The van der Waals surface area contributed by atoms with Gasteiger partial charge in [-0.2, -0.15) is 0 Å². The van der Waals surface area contributed by atoms with Gasteiger partial charge in [-0.3, -0.25) is 0 Å². The van der Waals surface area contributed by atoms with E-state index in [9.17, 15) is 0 Å². The quantitative estimate of drug-likeness (QED) is 0.847. The third kappa shape index (κ3) is 2.14. The van der Waals surface area contributed by atoms with Crippen LogP contribution in [0.3, 0.4) is 0 Å². The molecule has 1 aliphatic rings. The van der Waals surface area contributed by atoms with Crippen molar-refractivity contribution in [1.82, 2.24) is 5.32 Å². The van der Waals surface area contributed by atoms with Crippen molar-refractivity contribution in [2.45, 2.75) is 32.9 Å². The molecule has 88 valence electrons. The zero-order chi connectivity index (χ0) is 11.5. The van der Waals surface area contributed by atoms with E-state index in [-0.39, 0.29) is 6.04 Å². The molecular formula is C13H19NO2. The number of ether oxygens (including phenoxy) is 2. The predicted octanol–water partition coefficient (Wildman–Crippen LogP) is 2.52. The van der Waals surface area contributed by atoms with Gasteiger partial charge < -0.3 is 14.8 Å². The van der Waals surface area contributed by atoms with Crippen LogP contribution in [0.4, 0.5) is 0 Å². The molecule has 1 unspecified atom stereocenters. The number of fused-ring (bicyclic) bond motifs is 1. The lowest BCUT2D eigenvalue weighted by atomic mass is 10.1. The first-order valence-electron chi connectivity index (χ1n) is 5.87. The normalized spacial score (nSPS) is 18.4. The Morgan fingerprint density at radius 2 is 2.31 bits per heavy atom. The third-order valence-electron chi connectivity index (χ3n) is 2.61. The molecule has 16 heavy (non-hydrogen) atoms. The Labute approximate surface area is 96.8 Å². The minimum Gasteiger partial charge on any atom is -0.490 e. The summed E-state index contributed by atoms with van der Waals surface area (Å²) in [4.78, 5) is 0. The van der Waals surface area contributed by atoms with E-state index in [1.165, 1.54) is 5.56 Å². The Kier molecular flexibility index (Phi) is 3.34. The molecule has 0 bridgehead atoms. The van der Waals surface area contributed by atoms with E-state index in [0.717, 1.165) is 11.5 Å². The number of rotatable bonds is 4. The van der Waals surface area contributed by atoms with E-state index < -0.39 is 0 Å². The van der Waals surface area contributed by atoms with Crippen molar-refractivity contribution in [3.63, 3.8) is 0 Å². The summed E-state index contributed by atoms with van der Waals surface area (Å²) in [6, 6.07) is 6.82. The molecule has 1 aliphatic heterocycles. The first-order valence-corrected chi connectivity index (χ1v) is 5.87. The molecule has 3 nitrogen and oxygen atoms in total. The second-order valence-corrected chi connectivity index (χ2v) is 4.29. The molecule has 1 aromatic carbocycles. The highest BCUT2D eigenvalue weighted by Crippen LogP contribution is 2.40. The van der Waals surface area contributed by atoms with Gasteiger partial charge in [0.15, 0.2) is 11.5 Å². The lowest BCUT2D eigenvalue weighted by molar-refractivity contribution is 0.277. The van der Waals surface area contributed by atoms with Crippen LogP contribution in [0.25, 0.3) is 0 Å². The maximum atomic E-state index is 5.71. The topological polar surface area (TPSA) is 30.5 Å². The minimum atomic E-state index is 0.287. The van der Waals surface area contributed by atoms with Gasteiger partial charge in [-0.25, -0.2) is 0 Å². The summed E-state index contributed by atoms with van der Waals surface area (Å²) in [6.45, 7) is 7.63. The van der Waals surface area contributed by atoms with Crippen LogP contribution < -0.4 is 14.8 Å². The lowest BCUT2D eigenvalue weighted by Crippen LogP contribution is -2.28. The van der Waals surface area contributed by atoms with Gasteiger partial charge in [-0.15, -0.1) is 0 Å². The van der Waals surface area contributed by atoms with Crippen LogP contribution in [-0.4, -0.2) is 19.3 Å². The van der Waals surface area contributed by atoms with Gasteiger partial charge in [0.1, 0.15) is 6.61 Å². The molecule has 1 aromatic rings. The fraction of sp³-hybridized carbons (Fsp3) is 0.538. The van der Waals surface area contributed by atoms with E-state index in [0.29, 0.717) is 19.3 Å². The second kappa shape index (κ2) is 4.74. The third-order valence-corrected chi connectivity index (χ3v) is 2.61. The van der Waals surface area contributed by atoms with Crippen LogP contribution in [0.1, 0.15) is 32.4 Å². The van der Waals surface area contributed by atoms with Gasteiger partial charge in [0.05, 0.1) is 12.6 Å². The molecule has 0 aromatic heterocycles. The van der Waals surface area contributed by atoms with Crippen LogP contribution in [-0.2, 0) is 0 Å². The molecule has 0 saturated carbocycles. The largest absolute Gasteiger partial charge is 0.490 e. The second-order valence-electron chi connectivity index (χ2n) is 4.29. The molecule has 1 heterocycles. The van der Waals surface area contributed by atoms with E-state index in [1.54, 1.807) is 0 Å². The SMILES string of the molecule is CCOc1cccc2c1OCC2NC(C)C. The van der Waals surface area contributed by atoms with Crippen LogP contribution in [0, 0.1) is 0 Å². The summed E-state index contributed by atoms with van der Waals surface area (Å²) < 4.78 is 11.3. The van der Waals surface area contributed by atoms with Crippen molar-refractivity contribution in [2.75, 3.05) is 13.2 Å². The van der Waals surface area contributed by atoms with Crippen LogP contribution in [0.5, 0.6) is 11.5 Å². The van der Waals surface area contributed by atoms with E-state index >= 15 is 0 Å². The van der Waals surface area contributed by atoms with Gasteiger partial charge in [0.2, 0.25) is 0 Å². The van der Waals surface area contributed by atoms with Gasteiger partial charge in [0.25, 0.3) is 0 Å². The fourth-order valence-electron chi connectivity index (χ4n) is 2.03. The summed E-state index contributed by atoms with van der Waals surface area (Å²) in [5, 5.41) is 3.49. The maximum Gasteiger partial charge on any atom is 0.166 e. The van der Waals surface area contributed by atoms with Crippen molar-refractivity contribution in [3.05, 3.63) is 23.8 Å². The molecule has 0 amide bonds. The number of benzene rings is 1. The van der Waals surface area contributed by atoms with Gasteiger partial charge in [-0.1, -0.05) is 26.0 Å². The molecule has 0 saturated heterocycles. The first kappa shape index (κ1) is 11.3. The zero-order valence-electron chi connectivity index (χ0n) is 10.1. The van der Waals surface area contributed by atoms with Crippen LogP contribution in [0.15, 0.2) is 18.2 Å². The molecular weight excluding hydrogens is 202 g/mol. The van der Waals surface area contributed by atoms with Crippen molar-refractivity contribution in [3.8, 4) is 11.5 Å². The number of hydrogen-bond donors (Lipinski definition) is 1. The summed E-state index contributed by atoms with van der Waals surface area (Å²) in [5.74, 6) is 1.76. The minimum absolute atomic E-state index is 0.287. The Morgan fingerprint density at radius 3 is 3.00 bits per heavy atom. The molecule has 1 atom stereocenters. The van der Waals surface area contributed by atoms with Gasteiger partial charge >= 0.3 is 0 Å². The van der Waals surface area contributed by atoms with E-state index in [1.807, 2.05) is 19.1 Å². The molecule has 1 N–H and O–H groups in total. The zero-order valence-corrected chi connectivity index (χ0v) is 10.1. The Morgan fingerprint density at radius 1 is 1.50 bits per heavy atom. The highest BCUT2D eigenvalue weighted by molar-refractivity contribution is 5.50. The fourth-order valence-corrected chi connectivity index (χ4v) is 2.03. The molecule has 0 aliphatic carbocycles. The summed E-state index contributed by atoms with van der Waals surface area (Å²) in [5.41, 5.74) is 1.21.